The summed E-state index contributed by atoms with van der Waals surface area (Å²) < 4.78 is 12.2. The van der Waals surface area contributed by atoms with E-state index < -0.39 is 5.60 Å². The molecule has 0 aliphatic carbocycles. The Morgan fingerprint density at radius 1 is 1.33 bits per heavy atom. The molecule has 100 valence electrons. The van der Waals surface area contributed by atoms with Crippen LogP contribution in [0.1, 0.15) is 39.7 Å². The molecule has 1 aromatic carbocycles. The van der Waals surface area contributed by atoms with Gasteiger partial charge >= 0.3 is 0 Å². The van der Waals surface area contributed by atoms with E-state index in [1.54, 1.807) is 0 Å². The Labute approximate surface area is 109 Å². The van der Waals surface area contributed by atoms with Gasteiger partial charge in [-0.1, -0.05) is 18.2 Å². The third-order valence-corrected chi connectivity index (χ3v) is 3.27. The summed E-state index contributed by atoms with van der Waals surface area (Å²) in [6.45, 7) is 8.72. The summed E-state index contributed by atoms with van der Waals surface area (Å²) in [6, 6.07) is 8.04. The van der Waals surface area contributed by atoms with Gasteiger partial charge in [0, 0.05) is 18.5 Å². The summed E-state index contributed by atoms with van der Waals surface area (Å²) in [4.78, 5) is 0. The maximum Gasteiger partial charge on any atom is 0.126 e. The van der Waals surface area contributed by atoms with Crippen LogP contribution < -0.4 is 10.5 Å². The van der Waals surface area contributed by atoms with Crippen molar-refractivity contribution in [2.75, 3.05) is 6.54 Å². The molecule has 0 fully saturated rings. The molecular formula is C15H23NO2. The van der Waals surface area contributed by atoms with E-state index in [0.29, 0.717) is 6.54 Å². The second kappa shape index (κ2) is 4.56. The average Bonchev–Trinajstić information content (AvgIpc) is 2.26. The summed E-state index contributed by atoms with van der Waals surface area (Å²) in [7, 11) is 0. The van der Waals surface area contributed by atoms with Crippen molar-refractivity contribution in [3.63, 3.8) is 0 Å². The van der Waals surface area contributed by atoms with Crippen LogP contribution in [0.15, 0.2) is 24.3 Å². The largest absolute Gasteiger partial charge is 0.487 e. The van der Waals surface area contributed by atoms with Crippen LogP contribution in [0.5, 0.6) is 5.75 Å². The molecule has 3 heteroatoms. The molecule has 0 amide bonds. The zero-order valence-corrected chi connectivity index (χ0v) is 11.7. The highest BCUT2D eigenvalue weighted by atomic mass is 16.5. The first-order chi connectivity index (χ1) is 8.38. The molecule has 0 saturated carbocycles. The van der Waals surface area contributed by atoms with Crippen LogP contribution in [0.3, 0.4) is 0 Å². The smallest absolute Gasteiger partial charge is 0.126 e. The normalized spacial score (nSPS) is 25.7. The van der Waals surface area contributed by atoms with Gasteiger partial charge in [-0.25, -0.2) is 0 Å². The molecule has 18 heavy (non-hydrogen) atoms. The minimum atomic E-state index is -0.438. The van der Waals surface area contributed by atoms with Crippen LogP contribution in [-0.2, 0) is 10.3 Å². The topological polar surface area (TPSA) is 44.5 Å². The molecule has 1 unspecified atom stereocenters. The maximum atomic E-state index is 6.19. The lowest BCUT2D eigenvalue weighted by Gasteiger charge is -2.46. The molecule has 2 rings (SSSR count). The van der Waals surface area contributed by atoms with Gasteiger partial charge < -0.3 is 15.2 Å². The summed E-state index contributed by atoms with van der Waals surface area (Å²) in [5.41, 5.74) is 6.41. The van der Waals surface area contributed by atoms with E-state index in [2.05, 4.69) is 19.9 Å². The van der Waals surface area contributed by atoms with Crippen LogP contribution in [0.25, 0.3) is 0 Å². The van der Waals surface area contributed by atoms with E-state index in [1.165, 1.54) is 0 Å². The molecular weight excluding hydrogens is 226 g/mol. The number of hydrogen-bond acceptors (Lipinski definition) is 3. The lowest BCUT2D eigenvalue weighted by atomic mass is 9.80. The van der Waals surface area contributed by atoms with Crippen LogP contribution in [0, 0.1) is 0 Å². The van der Waals surface area contributed by atoms with Gasteiger partial charge in [-0.15, -0.1) is 0 Å². The standard InChI is InChI=1S/C15H23NO2/c1-11(2)17-15(10-16)9-14(3,4)18-13-8-6-5-7-12(13)15/h5-8,11H,9-10,16H2,1-4H3. The van der Waals surface area contributed by atoms with E-state index in [-0.39, 0.29) is 11.7 Å². The summed E-state index contributed by atoms with van der Waals surface area (Å²) in [6.07, 6.45) is 0.904. The van der Waals surface area contributed by atoms with Crippen LogP contribution >= 0.6 is 0 Å². The third kappa shape index (κ3) is 2.38. The molecule has 0 bridgehead atoms. The van der Waals surface area contributed by atoms with Crippen LogP contribution in [0.4, 0.5) is 0 Å². The number of hydrogen-bond donors (Lipinski definition) is 1. The minimum absolute atomic E-state index is 0.135. The number of fused-ring (bicyclic) bond motifs is 1. The Morgan fingerprint density at radius 3 is 2.61 bits per heavy atom. The summed E-state index contributed by atoms with van der Waals surface area (Å²) in [5.74, 6) is 0.889. The van der Waals surface area contributed by atoms with Gasteiger partial charge in [0.05, 0.1) is 6.10 Å². The van der Waals surface area contributed by atoms with Crippen LogP contribution in [0.2, 0.25) is 0 Å². The van der Waals surface area contributed by atoms with Gasteiger partial charge in [0.25, 0.3) is 0 Å². The molecule has 2 N–H and O–H groups in total. The van der Waals surface area contributed by atoms with Crippen LogP contribution in [-0.4, -0.2) is 18.2 Å². The SMILES string of the molecule is CC(C)OC1(CN)CC(C)(C)Oc2ccccc21. The Bertz CT molecular complexity index is 428. The van der Waals surface area contributed by atoms with Crippen molar-refractivity contribution in [2.45, 2.75) is 51.4 Å². The molecule has 1 aliphatic heterocycles. The molecule has 1 atom stereocenters. The van der Waals surface area contributed by atoms with E-state index in [4.69, 9.17) is 15.2 Å². The average molecular weight is 249 g/mol. The molecule has 0 aromatic heterocycles. The minimum Gasteiger partial charge on any atom is -0.487 e. The van der Waals surface area contributed by atoms with Gasteiger partial charge in [0.15, 0.2) is 0 Å². The van der Waals surface area contributed by atoms with Crippen molar-refractivity contribution in [1.29, 1.82) is 0 Å². The van der Waals surface area contributed by atoms with Gasteiger partial charge in [-0.2, -0.15) is 0 Å². The second-order valence-electron chi connectivity index (χ2n) is 5.90. The zero-order valence-electron chi connectivity index (χ0n) is 11.7. The highest BCUT2D eigenvalue weighted by molar-refractivity contribution is 5.41. The molecule has 1 aromatic rings. The van der Waals surface area contributed by atoms with Crippen molar-refractivity contribution < 1.29 is 9.47 Å². The predicted octanol–water partition coefficient (Wildman–Crippen LogP) is 2.83. The fraction of sp³-hybridized carbons (Fsp3) is 0.600. The molecule has 0 saturated heterocycles. The van der Waals surface area contributed by atoms with Crippen molar-refractivity contribution in [2.24, 2.45) is 5.73 Å². The van der Waals surface area contributed by atoms with Gasteiger partial charge in [0.2, 0.25) is 0 Å². The lowest BCUT2D eigenvalue weighted by Crippen LogP contribution is -2.50. The number of nitrogens with two attached hydrogens (primary N) is 1. The first kappa shape index (κ1) is 13.4. The summed E-state index contributed by atoms with van der Waals surface area (Å²) in [5, 5.41) is 0. The highest BCUT2D eigenvalue weighted by Gasteiger charge is 2.45. The van der Waals surface area contributed by atoms with E-state index in [0.717, 1.165) is 17.7 Å². The molecule has 0 radical (unpaired) electrons. The number of benzene rings is 1. The van der Waals surface area contributed by atoms with Gasteiger partial charge in [0.1, 0.15) is 17.0 Å². The Morgan fingerprint density at radius 2 is 2.00 bits per heavy atom. The monoisotopic (exact) mass is 249 g/mol. The Balaban J connectivity index is 2.51. The number of ether oxygens (including phenoxy) is 2. The van der Waals surface area contributed by atoms with Crippen molar-refractivity contribution in [3.05, 3.63) is 29.8 Å². The quantitative estimate of drug-likeness (QED) is 0.896. The zero-order chi connectivity index (χ0) is 13.4. The van der Waals surface area contributed by atoms with Crippen molar-refractivity contribution in [3.8, 4) is 5.75 Å². The fourth-order valence-corrected chi connectivity index (χ4v) is 2.84. The molecule has 0 spiro atoms. The third-order valence-electron chi connectivity index (χ3n) is 3.27. The maximum absolute atomic E-state index is 6.19. The van der Waals surface area contributed by atoms with Gasteiger partial charge in [-0.3, -0.25) is 0 Å². The molecule has 1 aliphatic rings. The van der Waals surface area contributed by atoms with Crippen molar-refractivity contribution >= 4 is 0 Å². The number of rotatable bonds is 3. The Hall–Kier alpha value is -1.06. The summed E-state index contributed by atoms with van der Waals surface area (Å²) >= 11 is 0. The fourth-order valence-electron chi connectivity index (χ4n) is 2.84. The van der Waals surface area contributed by atoms with Gasteiger partial charge in [-0.05, 0) is 33.8 Å². The first-order valence-electron chi connectivity index (χ1n) is 6.55. The number of para-hydroxylation sites is 1. The lowest BCUT2D eigenvalue weighted by molar-refractivity contribution is -0.129. The van der Waals surface area contributed by atoms with E-state index >= 15 is 0 Å². The highest BCUT2D eigenvalue weighted by Crippen LogP contribution is 2.45. The second-order valence-corrected chi connectivity index (χ2v) is 5.90. The first-order valence-corrected chi connectivity index (χ1v) is 6.55. The molecule has 3 nitrogen and oxygen atoms in total. The predicted molar refractivity (Wildman–Crippen MR) is 72.7 cm³/mol. The van der Waals surface area contributed by atoms with Crippen molar-refractivity contribution in [1.82, 2.24) is 0 Å². The van der Waals surface area contributed by atoms with E-state index in [9.17, 15) is 0 Å². The van der Waals surface area contributed by atoms with E-state index in [1.807, 2.05) is 32.0 Å². The Kier molecular flexibility index (Phi) is 3.39. The molecule has 1 heterocycles.